The zero-order valence-corrected chi connectivity index (χ0v) is 13.8. The molecule has 110 valence electrons. The summed E-state index contributed by atoms with van der Waals surface area (Å²) in [5.74, 6) is 4.00. The molecule has 0 amide bonds. The zero-order valence-electron chi connectivity index (χ0n) is 12.2. The van der Waals surface area contributed by atoms with Crippen molar-refractivity contribution in [2.45, 2.75) is 17.7 Å². The lowest BCUT2D eigenvalue weighted by molar-refractivity contribution is 0.145. The lowest BCUT2D eigenvalue weighted by Crippen LogP contribution is -2.57. The zero-order chi connectivity index (χ0) is 13.8. The minimum absolute atomic E-state index is 0.103. The maximum atomic E-state index is 3.73. The first-order valence-corrected chi connectivity index (χ1v) is 9.69. The maximum absolute atomic E-state index is 3.73. The minimum Gasteiger partial charge on any atom is -0.305 e. The van der Waals surface area contributed by atoms with E-state index in [1.165, 1.54) is 35.9 Å². The van der Waals surface area contributed by atoms with E-state index in [0.29, 0.717) is 0 Å². The number of piperazine rings is 1. The molecule has 0 aliphatic carbocycles. The Morgan fingerprint density at radius 3 is 2.90 bits per heavy atom. The van der Waals surface area contributed by atoms with Gasteiger partial charge in [0.1, 0.15) is 0 Å². The van der Waals surface area contributed by atoms with Gasteiger partial charge in [-0.05, 0) is 12.5 Å². The van der Waals surface area contributed by atoms with E-state index in [1.807, 2.05) is 0 Å². The Hall–Kier alpha value is -0.160. The Balaban J connectivity index is 1.63. The van der Waals surface area contributed by atoms with Gasteiger partial charge in [-0.25, -0.2) is 0 Å². The number of hydrogen-bond donors (Lipinski definition) is 1. The molecule has 3 rings (SSSR count). The molecule has 2 heterocycles. The Morgan fingerprint density at radius 2 is 2.15 bits per heavy atom. The van der Waals surface area contributed by atoms with Crippen molar-refractivity contribution in [2.24, 2.45) is 0 Å². The second-order valence-corrected chi connectivity index (χ2v) is 8.49. The normalized spacial score (nSPS) is 32.1. The average Bonchev–Trinajstić information content (AvgIpc) is 2.49. The highest BCUT2D eigenvalue weighted by Crippen LogP contribution is 2.28. The monoisotopic (exact) mass is 308 g/mol. The predicted octanol–water partition coefficient (Wildman–Crippen LogP) is 2.66. The summed E-state index contributed by atoms with van der Waals surface area (Å²) >= 11 is 4.29. The number of nitrogens with one attached hydrogen (secondary N) is 1. The van der Waals surface area contributed by atoms with Gasteiger partial charge in [0, 0.05) is 48.7 Å². The number of benzene rings is 1. The van der Waals surface area contributed by atoms with Crippen molar-refractivity contribution in [1.29, 1.82) is 0 Å². The van der Waals surface area contributed by atoms with Gasteiger partial charge in [0.15, 0.2) is 0 Å². The van der Waals surface area contributed by atoms with E-state index >= 15 is 0 Å². The lowest BCUT2D eigenvalue weighted by atomic mass is 9.89. The first-order chi connectivity index (χ1) is 9.76. The predicted molar refractivity (Wildman–Crippen MR) is 91.8 cm³/mol. The SMILES string of the molecule is CC1(c2ccccc2)CN(CC2CSCCS2)CCN1. The van der Waals surface area contributed by atoms with Gasteiger partial charge in [-0.1, -0.05) is 30.3 Å². The van der Waals surface area contributed by atoms with Crippen molar-refractivity contribution in [2.75, 3.05) is 43.4 Å². The van der Waals surface area contributed by atoms with E-state index in [0.717, 1.165) is 18.3 Å². The fourth-order valence-corrected chi connectivity index (χ4v) is 5.87. The third-order valence-corrected chi connectivity index (χ3v) is 7.07. The van der Waals surface area contributed by atoms with E-state index in [1.54, 1.807) is 0 Å². The minimum atomic E-state index is 0.103. The van der Waals surface area contributed by atoms with Gasteiger partial charge in [-0.2, -0.15) is 23.5 Å². The first kappa shape index (κ1) is 14.8. The summed E-state index contributed by atoms with van der Waals surface area (Å²) in [5.41, 5.74) is 1.52. The molecule has 1 aromatic carbocycles. The molecule has 0 aromatic heterocycles. The average molecular weight is 309 g/mol. The fourth-order valence-electron chi connectivity index (χ4n) is 3.16. The molecular formula is C16H24N2S2. The highest BCUT2D eigenvalue weighted by molar-refractivity contribution is 8.06. The summed E-state index contributed by atoms with van der Waals surface area (Å²) in [5, 5.41) is 4.55. The molecule has 2 atom stereocenters. The maximum Gasteiger partial charge on any atom is 0.0535 e. The highest BCUT2D eigenvalue weighted by atomic mass is 32.2. The molecule has 0 spiro atoms. The van der Waals surface area contributed by atoms with E-state index in [9.17, 15) is 0 Å². The summed E-state index contributed by atoms with van der Waals surface area (Å²) in [6.07, 6.45) is 0. The molecule has 2 aliphatic heterocycles. The molecule has 2 aliphatic rings. The van der Waals surface area contributed by atoms with Crippen LogP contribution < -0.4 is 5.32 Å². The van der Waals surface area contributed by atoms with Gasteiger partial charge in [0.25, 0.3) is 0 Å². The largest absolute Gasteiger partial charge is 0.305 e. The Bertz CT molecular complexity index is 420. The molecule has 2 nitrogen and oxygen atoms in total. The van der Waals surface area contributed by atoms with Gasteiger partial charge < -0.3 is 5.32 Å². The van der Waals surface area contributed by atoms with Gasteiger partial charge >= 0.3 is 0 Å². The summed E-state index contributed by atoms with van der Waals surface area (Å²) in [4.78, 5) is 2.66. The summed E-state index contributed by atoms with van der Waals surface area (Å²) in [6, 6.07) is 10.9. The molecule has 0 radical (unpaired) electrons. The van der Waals surface area contributed by atoms with E-state index < -0.39 is 0 Å². The van der Waals surface area contributed by atoms with Crippen LogP contribution in [0.2, 0.25) is 0 Å². The van der Waals surface area contributed by atoms with Crippen LogP contribution in [0.25, 0.3) is 0 Å². The molecule has 4 heteroatoms. The van der Waals surface area contributed by atoms with Gasteiger partial charge in [-0.3, -0.25) is 4.90 Å². The van der Waals surface area contributed by atoms with Crippen LogP contribution >= 0.6 is 23.5 Å². The van der Waals surface area contributed by atoms with Crippen LogP contribution in [0, 0.1) is 0 Å². The third kappa shape index (κ3) is 3.53. The van der Waals surface area contributed by atoms with Crippen LogP contribution in [0.5, 0.6) is 0 Å². The standard InChI is InChI=1S/C16H24N2S2/c1-16(14-5-3-2-4-6-14)13-18(8-7-17-16)11-15-12-19-9-10-20-15/h2-6,15,17H,7-13H2,1H3. The number of rotatable bonds is 3. The van der Waals surface area contributed by atoms with Crippen molar-refractivity contribution in [3.8, 4) is 0 Å². The Morgan fingerprint density at radius 1 is 1.30 bits per heavy atom. The topological polar surface area (TPSA) is 15.3 Å². The lowest BCUT2D eigenvalue weighted by Gasteiger charge is -2.43. The smallest absolute Gasteiger partial charge is 0.0535 e. The van der Waals surface area contributed by atoms with Crippen LogP contribution in [0.1, 0.15) is 12.5 Å². The number of thioether (sulfide) groups is 2. The molecule has 2 fully saturated rings. The summed E-state index contributed by atoms with van der Waals surface area (Å²) in [6.45, 7) is 7.00. The van der Waals surface area contributed by atoms with Gasteiger partial charge in [0.2, 0.25) is 0 Å². The third-order valence-electron chi connectivity index (χ3n) is 4.24. The molecule has 0 bridgehead atoms. The number of nitrogens with zero attached hydrogens (tertiary/aromatic N) is 1. The first-order valence-electron chi connectivity index (χ1n) is 7.48. The van der Waals surface area contributed by atoms with E-state index in [-0.39, 0.29) is 5.54 Å². The molecular weight excluding hydrogens is 284 g/mol. The molecule has 2 unspecified atom stereocenters. The van der Waals surface area contributed by atoms with Crippen LogP contribution in [0.3, 0.4) is 0 Å². The number of hydrogen-bond acceptors (Lipinski definition) is 4. The summed E-state index contributed by atoms with van der Waals surface area (Å²) in [7, 11) is 0. The van der Waals surface area contributed by atoms with E-state index in [4.69, 9.17) is 0 Å². The van der Waals surface area contributed by atoms with Crippen LogP contribution in [0.4, 0.5) is 0 Å². The van der Waals surface area contributed by atoms with E-state index in [2.05, 4.69) is 71.0 Å². The van der Waals surface area contributed by atoms with Gasteiger partial charge in [0.05, 0.1) is 5.54 Å². The molecule has 2 saturated heterocycles. The molecule has 20 heavy (non-hydrogen) atoms. The molecule has 0 saturated carbocycles. The Labute approximate surface area is 131 Å². The van der Waals surface area contributed by atoms with Crippen LogP contribution in [-0.2, 0) is 5.54 Å². The van der Waals surface area contributed by atoms with Gasteiger partial charge in [-0.15, -0.1) is 0 Å². The fraction of sp³-hybridized carbons (Fsp3) is 0.625. The van der Waals surface area contributed by atoms with Crippen molar-refractivity contribution in [3.63, 3.8) is 0 Å². The Kier molecular flexibility index (Phi) is 4.97. The van der Waals surface area contributed by atoms with Crippen molar-refractivity contribution in [3.05, 3.63) is 35.9 Å². The van der Waals surface area contributed by atoms with Crippen LogP contribution in [-0.4, -0.2) is 53.6 Å². The molecule has 1 N–H and O–H groups in total. The van der Waals surface area contributed by atoms with Crippen molar-refractivity contribution < 1.29 is 0 Å². The second kappa shape index (κ2) is 6.73. The highest BCUT2D eigenvalue weighted by Gasteiger charge is 2.33. The quantitative estimate of drug-likeness (QED) is 0.923. The molecule has 1 aromatic rings. The van der Waals surface area contributed by atoms with Crippen molar-refractivity contribution in [1.82, 2.24) is 10.2 Å². The van der Waals surface area contributed by atoms with Crippen molar-refractivity contribution >= 4 is 23.5 Å². The van der Waals surface area contributed by atoms with Crippen LogP contribution in [0.15, 0.2) is 30.3 Å². The summed E-state index contributed by atoms with van der Waals surface area (Å²) < 4.78 is 0. The second-order valence-electron chi connectivity index (χ2n) is 5.93.